The highest BCUT2D eigenvalue weighted by Gasteiger charge is 2.56. The summed E-state index contributed by atoms with van der Waals surface area (Å²) in [6.07, 6.45) is 6.09. The molecule has 1 saturated heterocycles. The first-order chi connectivity index (χ1) is 10.6. The summed E-state index contributed by atoms with van der Waals surface area (Å²) in [5.74, 6) is -1.47. The van der Waals surface area contributed by atoms with Crippen LogP contribution in [0.1, 0.15) is 23.2 Å². The molecule has 0 unspecified atom stereocenters. The smallest absolute Gasteiger partial charge is 0.335 e. The number of carbonyl (C=O) groups is 3. The predicted molar refractivity (Wildman–Crippen MR) is 78.2 cm³/mol. The molecular weight excluding hydrogens is 282 g/mol. The van der Waals surface area contributed by atoms with Crippen molar-refractivity contribution >= 4 is 23.5 Å². The highest BCUT2D eigenvalue weighted by Crippen LogP contribution is 2.50. The standard InChI is InChI=1S/C17H15NO4/c19-15-13-9-1-2-10(4-3-9)14(13)16(20)18(15)12-7-5-11(6-8-12)17(21)22/h1-2,5-10,13-14H,3-4H2,(H,21,22)/t9-,10-,13-,14+/m1/s1. The fourth-order valence-corrected chi connectivity index (χ4v) is 4.08. The van der Waals surface area contributed by atoms with E-state index in [9.17, 15) is 14.4 Å². The van der Waals surface area contributed by atoms with Crippen LogP contribution in [0.5, 0.6) is 0 Å². The van der Waals surface area contributed by atoms with Crippen molar-refractivity contribution < 1.29 is 19.5 Å². The Morgan fingerprint density at radius 2 is 1.45 bits per heavy atom. The lowest BCUT2D eigenvalue weighted by molar-refractivity contribution is -0.124. The van der Waals surface area contributed by atoms with Crippen molar-refractivity contribution in [1.29, 1.82) is 0 Å². The second kappa shape index (κ2) is 4.53. The molecule has 4 atom stereocenters. The van der Waals surface area contributed by atoms with Gasteiger partial charge in [-0.15, -0.1) is 0 Å². The number of benzene rings is 1. The number of fused-ring (bicyclic) bond motifs is 1. The van der Waals surface area contributed by atoms with Crippen molar-refractivity contribution in [2.24, 2.45) is 23.7 Å². The van der Waals surface area contributed by atoms with Gasteiger partial charge in [-0.3, -0.25) is 14.5 Å². The van der Waals surface area contributed by atoms with E-state index in [0.29, 0.717) is 5.69 Å². The van der Waals surface area contributed by atoms with Crippen molar-refractivity contribution in [2.75, 3.05) is 4.90 Å². The highest BCUT2D eigenvalue weighted by molar-refractivity contribution is 6.22. The lowest BCUT2D eigenvalue weighted by Gasteiger charge is -2.38. The number of rotatable bonds is 2. The molecule has 0 radical (unpaired) electrons. The first kappa shape index (κ1) is 13.2. The Hall–Kier alpha value is -2.43. The van der Waals surface area contributed by atoms with Crippen LogP contribution in [0.4, 0.5) is 5.69 Å². The zero-order valence-electron chi connectivity index (χ0n) is 11.8. The van der Waals surface area contributed by atoms with Gasteiger partial charge in [0.1, 0.15) is 0 Å². The molecule has 5 rings (SSSR count). The summed E-state index contributed by atoms with van der Waals surface area (Å²) >= 11 is 0. The van der Waals surface area contributed by atoms with Gasteiger partial charge in [-0.1, -0.05) is 12.2 Å². The van der Waals surface area contributed by atoms with Crippen LogP contribution in [0, 0.1) is 23.7 Å². The first-order valence-corrected chi connectivity index (χ1v) is 7.47. The molecule has 3 aliphatic carbocycles. The maximum absolute atomic E-state index is 12.7. The van der Waals surface area contributed by atoms with Crippen molar-refractivity contribution in [1.82, 2.24) is 0 Å². The van der Waals surface area contributed by atoms with Gasteiger partial charge in [-0.25, -0.2) is 4.79 Å². The van der Waals surface area contributed by atoms with Crippen LogP contribution >= 0.6 is 0 Å². The van der Waals surface area contributed by atoms with Gasteiger partial charge >= 0.3 is 5.97 Å². The molecule has 112 valence electrons. The number of hydrogen-bond donors (Lipinski definition) is 1. The lowest BCUT2D eigenvalue weighted by atomic mass is 9.63. The van der Waals surface area contributed by atoms with Crippen LogP contribution in [-0.4, -0.2) is 22.9 Å². The number of carbonyl (C=O) groups excluding carboxylic acids is 2. The molecule has 22 heavy (non-hydrogen) atoms. The lowest BCUT2D eigenvalue weighted by Crippen LogP contribution is -2.38. The summed E-state index contributed by atoms with van der Waals surface area (Å²) in [4.78, 5) is 37.6. The second-order valence-corrected chi connectivity index (χ2v) is 6.21. The Balaban J connectivity index is 1.70. The summed E-state index contributed by atoms with van der Waals surface area (Å²) in [6.45, 7) is 0. The summed E-state index contributed by atoms with van der Waals surface area (Å²) in [7, 11) is 0. The number of allylic oxidation sites excluding steroid dienone is 2. The van der Waals surface area contributed by atoms with Crippen molar-refractivity contribution in [3.05, 3.63) is 42.0 Å². The molecule has 2 amide bonds. The van der Waals surface area contributed by atoms with E-state index < -0.39 is 5.97 Å². The average molecular weight is 297 g/mol. The normalized spacial score (nSPS) is 32.5. The van der Waals surface area contributed by atoms with E-state index in [-0.39, 0.29) is 41.0 Å². The molecule has 0 aromatic heterocycles. The topological polar surface area (TPSA) is 74.7 Å². The molecule has 1 saturated carbocycles. The molecule has 1 N–H and O–H groups in total. The minimum Gasteiger partial charge on any atom is -0.478 e. The van der Waals surface area contributed by atoms with E-state index in [2.05, 4.69) is 12.2 Å². The van der Waals surface area contributed by atoms with Crippen LogP contribution in [-0.2, 0) is 9.59 Å². The molecule has 5 nitrogen and oxygen atoms in total. The molecule has 4 aliphatic rings. The predicted octanol–water partition coefficient (Wildman–Crippen LogP) is 2.09. The van der Waals surface area contributed by atoms with Gasteiger partial charge in [-0.2, -0.15) is 0 Å². The van der Waals surface area contributed by atoms with E-state index in [1.165, 1.54) is 29.2 Å². The molecule has 1 aromatic rings. The minimum atomic E-state index is -1.03. The maximum atomic E-state index is 12.7. The first-order valence-electron chi connectivity index (χ1n) is 7.47. The Morgan fingerprint density at radius 3 is 1.86 bits per heavy atom. The monoisotopic (exact) mass is 297 g/mol. The van der Waals surface area contributed by atoms with E-state index >= 15 is 0 Å². The summed E-state index contributed by atoms with van der Waals surface area (Å²) in [6, 6.07) is 5.91. The Bertz CT molecular complexity index is 674. The molecular formula is C17H15NO4. The molecule has 5 heteroatoms. The number of hydrogen-bond acceptors (Lipinski definition) is 3. The number of aromatic carboxylic acids is 1. The van der Waals surface area contributed by atoms with Gasteiger partial charge in [-0.05, 0) is 48.9 Å². The van der Waals surface area contributed by atoms with Gasteiger partial charge in [0.2, 0.25) is 11.8 Å². The molecule has 0 spiro atoms. The highest BCUT2D eigenvalue weighted by atomic mass is 16.4. The van der Waals surface area contributed by atoms with Crippen LogP contribution in [0.15, 0.2) is 36.4 Å². The third-order valence-electron chi connectivity index (χ3n) is 5.13. The summed E-state index contributed by atoms with van der Waals surface area (Å²) < 4.78 is 0. The quantitative estimate of drug-likeness (QED) is 0.670. The Kier molecular flexibility index (Phi) is 2.73. The number of nitrogens with zero attached hydrogens (tertiary/aromatic N) is 1. The van der Waals surface area contributed by atoms with Gasteiger partial charge in [0, 0.05) is 0 Å². The van der Waals surface area contributed by atoms with Gasteiger partial charge in [0.15, 0.2) is 0 Å². The molecule has 2 bridgehead atoms. The average Bonchev–Trinajstić information content (AvgIpc) is 2.82. The maximum Gasteiger partial charge on any atom is 0.335 e. The molecule has 1 aromatic carbocycles. The number of imide groups is 1. The van der Waals surface area contributed by atoms with E-state index in [4.69, 9.17) is 5.11 Å². The Morgan fingerprint density at radius 1 is 0.955 bits per heavy atom. The minimum absolute atomic E-state index is 0.141. The van der Waals surface area contributed by atoms with Crippen molar-refractivity contribution in [3.8, 4) is 0 Å². The van der Waals surface area contributed by atoms with E-state index in [1.54, 1.807) is 0 Å². The van der Waals surface area contributed by atoms with Crippen molar-refractivity contribution in [3.63, 3.8) is 0 Å². The number of anilines is 1. The van der Waals surface area contributed by atoms with Gasteiger partial charge in [0.05, 0.1) is 23.1 Å². The molecule has 1 aliphatic heterocycles. The fourth-order valence-electron chi connectivity index (χ4n) is 4.08. The largest absolute Gasteiger partial charge is 0.478 e. The summed E-state index contributed by atoms with van der Waals surface area (Å²) in [5, 5.41) is 8.94. The zero-order chi connectivity index (χ0) is 15.4. The number of carboxylic acid groups (broad SMARTS) is 1. The SMILES string of the molecule is O=C(O)c1ccc(N2C(=O)[C@@H]3[C@H](C2=O)[C@@H]2C=C[C@@H]3CC2)cc1. The molecule has 1 heterocycles. The number of carboxylic acids is 1. The zero-order valence-corrected chi connectivity index (χ0v) is 11.8. The Labute approximate surface area is 127 Å². The van der Waals surface area contributed by atoms with Gasteiger partial charge in [0.25, 0.3) is 0 Å². The van der Waals surface area contributed by atoms with Crippen LogP contribution in [0.2, 0.25) is 0 Å². The van der Waals surface area contributed by atoms with E-state index in [0.717, 1.165) is 12.8 Å². The fraction of sp³-hybridized carbons (Fsp3) is 0.353. The molecule has 2 fully saturated rings. The second-order valence-electron chi connectivity index (χ2n) is 6.21. The van der Waals surface area contributed by atoms with Gasteiger partial charge < -0.3 is 5.11 Å². The van der Waals surface area contributed by atoms with E-state index in [1.807, 2.05) is 0 Å². The summed E-state index contributed by atoms with van der Waals surface area (Å²) in [5.41, 5.74) is 0.607. The van der Waals surface area contributed by atoms with Crippen LogP contribution in [0.25, 0.3) is 0 Å². The van der Waals surface area contributed by atoms with Crippen LogP contribution in [0.3, 0.4) is 0 Å². The third kappa shape index (κ3) is 1.68. The number of amides is 2. The van der Waals surface area contributed by atoms with Crippen molar-refractivity contribution in [2.45, 2.75) is 12.8 Å². The van der Waals surface area contributed by atoms with Crippen LogP contribution < -0.4 is 4.90 Å². The third-order valence-corrected chi connectivity index (χ3v) is 5.13.